The van der Waals surface area contributed by atoms with E-state index in [-0.39, 0.29) is 12.3 Å². The molecule has 1 aromatic carbocycles. The second kappa shape index (κ2) is 6.85. The first-order valence-electron chi connectivity index (χ1n) is 7.97. The lowest BCUT2D eigenvalue weighted by atomic mass is 10.0. The molecule has 5 nitrogen and oxygen atoms in total. The number of benzene rings is 1. The fourth-order valence-corrected chi connectivity index (χ4v) is 3.20. The first-order chi connectivity index (χ1) is 11.2. The lowest BCUT2D eigenvalue weighted by Crippen LogP contribution is -2.45. The quantitative estimate of drug-likeness (QED) is 0.833. The van der Waals surface area contributed by atoms with E-state index in [0.29, 0.717) is 10.7 Å². The maximum absolute atomic E-state index is 12.6. The van der Waals surface area contributed by atoms with E-state index >= 15 is 0 Å². The normalized spacial score (nSPS) is 11.7. The summed E-state index contributed by atoms with van der Waals surface area (Å²) in [6.07, 6.45) is 1.73. The van der Waals surface area contributed by atoms with E-state index in [2.05, 4.69) is 12.2 Å². The maximum atomic E-state index is 12.6. The van der Waals surface area contributed by atoms with Gasteiger partial charge in [0.25, 0.3) is 5.91 Å². The van der Waals surface area contributed by atoms with Gasteiger partial charge in [-0.05, 0) is 38.0 Å². The minimum atomic E-state index is -0.954. The van der Waals surface area contributed by atoms with Crippen LogP contribution in [0.4, 0.5) is 0 Å². The van der Waals surface area contributed by atoms with Crippen molar-refractivity contribution in [3.63, 3.8) is 0 Å². The largest absolute Gasteiger partial charge is 0.481 e. The van der Waals surface area contributed by atoms with E-state index in [4.69, 9.17) is 16.7 Å². The number of hydrogen-bond acceptors (Lipinski definition) is 2. The van der Waals surface area contributed by atoms with Crippen LogP contribution in [0, 0.1) is 0 Å². The lowest BCUT2D eigenvalue weighted by Gasteiger charge is -2.24. The molecule has 0 aliphatic carbocycles. The topological polar surface area (TPSA) is 71.3 Å². The Hall–Kier alpha value is -2.01. The molecule has 0 atom stereocenters. The Bertz CT molecular complexity index is 793. The number of carbonyl (C=O) groups excluding carboxylic acids is 1. The Morgan fingerprint density at radius 2 is 2.00 bits per heavy atom. The summed E-state index contributed by atoms with van der Waals surface area (Å²) in [5, 5.41) is 13.2. The molecular formula is C18H23ClN2O3. The van der Waals surface area contributed by atoms with Crippen LogP contribution in [0.25, 0.3) is 10.9 Å². The standard InChI is InChI=1S/C18H23ClN2O3/c1-5-6-11-7-8-13-12(16(11)19)9-14(21(13)4)17(24)20-18(2,3)10-15(22)23/h7-9H,5-6,10H2,1-4H3,(H,20,24)(H,22,23). The molecule has 0 saturated heterocycles. The van der Waals surface area contributed by atoms with Gasteiger partial charge in [0.05, 0.1) is 11.4 Å². The number of carboxylic acids is 1. The number of rotatable bonds is 6. The van der Waals surface area contributed by atoms with Crippen molar-refractivity contribution in [2.75, 3.05) is 0 Å². The zero-order valence-electron chi connectivity index (χ0n) is 14.4. The third-order valence-electron chi connectivity index (χ3n) is 4.04. The number of carbonyl (C=O) groups is 2. The van der Waals surface area contributed by atoms with E-state index in [9.17, 15) is 9.59 Å². The number of aliphatic carboxylic acids is 1. The predicted octanol–water partition coefficient (Wildman–Crippen LogP) is 3.77. The fraction of sp³-hybridized carbons (Fsp3) is 0.444. The fourth-order valence-electron chi connectivity index (χ4n) is 2.89. The number of nitrogens with one attached hydrogen (secondary N) is 1. The molecular weight excluding hydrogens is 328 g/mol. The highest BCUT2D eigenvalue weighted by Gasteiger charge is 2.26. The summed E-state index contributed by atoms with van der Waals surface area (Å²) in [5.41, 5.74) is 1.56. The Kier molecular flexibility index (Phi) is 5.23. The van der Waals surface area contributed by atoms with E-state index in [1.807, 2.05) is 12.1 Å². The molecule has 130 valence electrons. The van der Waals surface area contributed by atoms with Gasteiger partial charge in [-0.15, -0.1) is 0 Å². The van der Waals surface area contributed by atoms with E-state index in [1.165, 1.54) is 0 Å². The second-order valence-electron chi connectivity index (χ2n) is 6.72. The third-order valence-corrected chi connectivity index (χ3v) is 4.48. The Morgan fingerprint density at radius 1 is 1.33 bits per heavy atom. The molecule has 0 bridgehead atoms. The Labute approximate surface area is 146 Å². The molecule has 0 saturated carbocycles. The average molecular weight is 351 g/mol. The van der Waals surface area contributed by atoms with E-state index in [0.717, 1.165) is 29.3 Å². The summed E-state index contributed by atoms with van der Waals surface area (Å²) in [6.45, 7) is 5.47. The highest BCUT2D eigenvalue weighted by atomic mass is 35.5. The van der Waals surface area contributed by atoms with Crippen LogP contribution in [0.1, 0.15) is 49.7 Å². The number of halogens is 1. The van der Waals surface area contributed by atoms with Crippen molar-refractivity contribution < 1.29 is 14.7 Å². The van der Waals surface area contributed by atoms with Gasteiger partial charge in [-0.2, -0.15) is 0 Å². The number of aryl methyl sites for hydroxylation is 2. The summed E-state index contributed by atoms with van der Waals surface area (Å²) >= 11 is 6.49. The molecule has 6 heteroatoms. The first-order valence-corrected chi connectivity index (χ1v) is 8.35. The number of nitrogens with zero attached hydrogens (tertiary/aromatic N) is 1. The molecule has 0 fully saturated rings. The van der Waals surface area contributed by atoms with Crippen LogP contribution in [0.3, 0.4) is 0 Å². The minimum absolute atomic E-state index is 0.149. The zero-order valence-corrected chi connectivity index (χ0v) is 15.2. The monoisotopic (exact) mass is 350 g/mol. The first kappa shape index (κ1) is 18.3. The molecule has 0 aliphatic heterocycles. The number of amides is 1. The van der Waals surface area contributed by atoms with Gasteiger partial charge in [-0.25, -0.2) is 0 Å². The maximum Gasteiger partial charge on any atom is 0.305 e. The molecule has 0 spiro atoms. The SMILES string of the molecule is CCCc1ccc2c(cc(C(=O)NC(C)(C)CC(=O)O)n2C)c1Cl. The smallest absolute Gasteiger partial charge is 0.305 e. The Morgan fingerprint density at radius 3 is 2.58 bits per heavy atom. The molecule has 0 radical (unpaired) electrons. The van der Waals surface area contributed by atoms with Gasteiger partial charge < -0.3 is 15.0 Å². The summed E-state index contributed by atoms with van der Waals surface area (Å²) < 4.78 is 1.78. The van der Waals surface area contributed by atoms with Crippen LogP contribution in [0.15, 0.2) is 18.2 Å². The van der Waals surface area contributed by atoms with Gasteiger partial charge in [-0.3, -0.25) is 9.59 Å². The van der Waals surface area contributed by atoms with Crippen molar-refractivity contribution in [1.82, 2.24) is 9.88 Å². The van der Waals surface area contributed by atoms with Crippen LogP contribution < -0.4 is 5.32 Å². The molecule has 1 amide bonds. The van der Waals surface area contributed by atoms with Crippen molar-refractivity contribution in [2.24, 2.45) is 7.05 Å². The van der Waals surface area contributed by atoms with E-state index < -0.39 is 11.5 Å². The number of aromatic nitrogens is 1. The second-order valence-corrected chi connectivity index (χ2v) is 7.10. The summed E-state index contributed by atoms with van der Waals surface area (Å²) in [6, 6.07) is 5.72. The van der Waals surface area contributed by atoms with Crippen LogP contribution in [-0.2, 0) is 18.3 Å². The van der Waals surface area contributed by atoms with Gasteiger partial charge in [0.1, 0.15) is 5.69 Å². The lowest BCUT2D eigenvalue weighted by molar-refractivity contribution is -0.138. The van der Waals surface area contributed by atoms with Crippen LogP contribution in [0.2, 0.25) is 5.02 Å². The minimum Gasteiger partial charge on any atom is -0.481 e. The molecule has 24 heavy (non-hydrogen) atoms. The molecule has 2 N–H and O–H groups in total. The third kappa shape index (κ3) is 3.73. The number of fused-ring (bicyclic) bond motifs is 1. The van der Waals surface area contributed by atoms with Crippen LogP contribution in [-0.4, -0.2) is 27.1 Å². The molecule has 1 heterocycles. The molecule has 0 unspecified atom stereocenters. The van der Waals surface area contributed by atoms with Crippen molar-refractivity contribution in [2.45, 2.75) is 45.6 Å². The van der Waals surface area contributed by atoms with Gasteiger partial charge in [0.15, 0.2) is 0 Å². The highest BCUT2D eigenvalue weighted by molar-refractivity contribution is 6.36. The van der Waals surface area contributed by atoms with Crippen molar-refractivity contribution in [1.29, 1.82) is 0 Å². The van der Waals surface area contributed by atoms with Crippen LogP contribution in [0.5, 0.6) is 0 Å². The van der Waals surface area contributed by atoms with Gasteiger partial charge in [-0.1, -0.05) is 31.0 Å². The number of hydrogen-bond donors (Lipinski definition) is 2. The summed E-state index contributed by atoms with van der Waals surface area (Å²) in [4.78, 5) is 23.5. The van der Waals surface area contributed by atoms with E-state index in [1.54, 1.807) is 31.5 Å². The zero-order chi connectivity index (χ0) is 18.1. The van der Waals surface area contributed by atoms with Crippen molar-refractivity contribution in [3.8, 4) is 0 Å². The number of carboxylic acid groups (broad SMARTS) is 1. The van der Waals surface area contributed by atoms with Gasteiger partial charge in [0, 0.05) is 23.5 Å². The summed E-state index contributed by atoms with van der Waals surface area (Å²) in [7, 11) is 1.80. The molecule has 0 aliphatic rings. The van der Waals surface area contributed by atoms with Gasteiger partial charge in [0.2, 0.25) is 0 Å². The predicted molar refractivity (Wildman–Crippen MR) is 95.7 cm³/mol. The Balaban J connectivity index is 2.39. The highest BCUT2D eigenvalue weighted by Crippen LogP contribution is 2.30. The van der Waals surface area contributed by atoms with Crippen molar-refractivity contribution >= 4 is 34.4 Å². The molecule has 1 aromatic heterocycles. The average Bonchev–Trinajstić information content (AvgIpc) is 2.78. The summed E-state index contributed by atoms with van der Waals surface area (Å²) in [5.74, 6) is -1.27. The molecule has 2 aromatic rings. The van der Waals surface area contributed by atoms with Crippen LogP contribution >= 0.6 is 11.6 Å². The van der Waals surface area contributed by atoms with Gasteiger partial charge >= 0.3 is 5.97 Å². The molecule has 2 rings (SSSR count). The van der Waals surface area contributed by atoms with Crippen molar-refractivity contribution in [3.05, 3.63) is 34.5 Å².